The molecule has 170 valence electrons. The van der Waals surface area contributed by atoms with Crippen LogP contribution in [-0.4, -0.2) is 18.1 Å². The van der Waals surface area contributed by atoms with Crippen LogP contribution in [0.2, 0.25) is 0 Å². The summed E-state index contributed by atoms with van der Waals surface area (Å²) in [5.41, 5.74) is 0. The number of benzene rings is 2. The maximum Gasteiger partial charge on any atom is 0.379 e. The molecule has 12 heteroatoms. The van der Waals surface area contributed by atoms with Crippen molar-refractivity contribution < 1.29 is 40.6 Å². The molecule has 2 aromatic rings. The summed E-state index contributed by atoms with van der Waals surface area (Å²) in [5.74, 6) is -12.0. The summed E-state index contributed by atoms with van der Waals surface area (Å²) in [4.78, 5) is 10.8. The standard InChI is InChI=1S/C19H19F5NO4PS/c1-4-10(2)28-19(26)11(3)25-30(27,29-12-8-6-5-7-9-12)31-18-16(23)14(21)13(20)15(22)17(18)24/h5-11H,4H2,1-3H3,(H,25,27)/t10-,11+,30+/m1/s1. The van der Waals surface area contributed by atoms with Gasteiger partial charge in [0.1, 0.15) is 11.8 Å². The lowest BCUT2D eigenvalue weighted by atomic mass is 10.3. The van der Waals surface area contributed by atoms with E-state index in [-0.39, 0.29) is 17.1 Å². The summed E-state index contributed by atoms with van der Waals surface area (Å²) in [6.45, 7) is 0.133. The molecule has 0 aromatic heterocycles. The summed E-state index contributed by atoms with van der Waals surface area (Å²) >= 11 is -0.236. The Balaban J connectivity index is 2.42. The van der Waals surface area contributed by atoms with Crippen molar-refractivity contribution in [2.24, 2.45) is 0 Å². The van der Waals surface area contributed by atoms with Crippen LogP contribution in [0.15, 0.2) is 35.2 Å². The van der Waals surface area contributed by atoms with E-state index in [2.05, 4.69) is 5.09 Å². The largest absolute Gasteiger partial charge is 0.462 e. The van der Waals surface area contributed by atoms with Crippen molar-refractivity contribution in [3.63, 3.8) is 0 Å². The molecular formula is C19H19F5NO4PS. The van der Waals surface area contributed by atoms with E-state index in [1.54, 1.807) is 19.9 Å². The Morgan fingerprint density at radius 2 is 1.52 bits per heavy atom. The first-order chi connectivity index (χ1) is 14.5. The molecule has 2 aromatic carbocycles. The molecule has 1 N–H and O–H groups in total. The molecule has 5 nitrogen and oxygen atoms in total. The highest BCUT2D eigenvalue weighted by molar-refractivity contribution is 8.56. The lowest BCUT2D eigenvalue weighted by Gasteiger charge is -2.24. The maximum atomic E-state index is 14.1. The van der Waals surface area contributed by atoms with Gasteiger partial charge in [0, 0.05) is 11.4 Å². The van der Waals surface area contributed by atoms with Crippen molar-refractivity contribution in [1.29, 1.82) is 0 Å². The van der Waals surface area contributed by atoms with Gasteiger partial charge in [-0.3, -0.25) is 4.79 Å². The van der Waals surface area contributed by atoms with Gasteiger partial charge < -0.3 is 9.26 Å². The first-order valence-electron chi connectivity index (χ1n) is 9.03. The highest BCUT2D eigenvalue weighted by atomic mass is 32.7. The highest BCUT2D eigenvalue weighted by Crippen LogP contribution is 2.60. The molecule has 0 saturated heterocycles. The molecular weight excluding hydrogens is 464 g/mol. The summed E-state index contributed by atoms with van der Waals surface area (Å²) in [6, 6.07) is 6.03. The lowest BCUT2D eigenvalue weighted by molar-refractivity contribution is -0.149. The summed E-state index contributed by atoms with van der Waals surface area (Å²) in [5, 5.41) is 2.28. The normalized spacial score (nSPS) is 15.1. The molecule has 2 rings (SSSR count). The van der Waals surface area contributed by atoms with E-state index in [4.69, 9.17) is 9.26 Å². The Kier molecular flexibility index (Phi) is 8.50. The predicted octanol–water partition coefficient (Wildman–Crippen LogP) is 5.98. The number of carbonyl (C=O) groups is 1. The SMILES string of the molecule is CC[C@@H](C)OC(=O)[C@H](C)N[P@](=O)(Oc1ccccc1)Sc1c(F)c(F)c(F)c(F)c1F. The fourth-order valence-corrected chi connectivity index (χ4v) is 6.06. The molecule has 0 heterocycles. The van der Waals surface area contributed by atoms with Crippen molar-refractivity contribution in [1.82, 2.24) is 5.09 Å². The number of nitrogens with one attached hydrogen (secondary N) is 1. The van der Waals surface area contributed by atoms with Crippen LogP contribution in [0.5, 0.6) is 5.75 Å². The fourth-order valence-electron chi connectivity index (χ4n) is 2.15. The Labute approximate surface area is 179 Å². The van der Waals surface area contributed by atoms with E-state index in [1.165, 1.54) is 31.2 Å². The minimum atomic E-state index is -4.50. The molecule has 0 aliphatic carbocycles. The van der Waals surface area contributed by atoms with Gasteiger partial charge in [0.25, 0.3) is 0 Å². The Morgan fingerprint density at radius 1 is 1.00 bits per heavy atom. The number of rotatable bonds is 9. The second-order valence-corrected chi connectivity index (χ2v) is 10.4. The van der Waals surface area contributed by atoms with Gasteiger partial charge in [-0.2, -0.15) is 0 Å². The third kappa shape index (κ3) is 6.21. The molecule has 0 aliphatic rings. The van der Waals surface area contributed by atoms with Gasteiger partial charge in [-0.25, -0.2) is 31.6 Å². The number of hydrogen-bond donors (Lipinski definition) is 1. The van der Waals surface area contributed by atoms with E-state index in [0.717, 1.165) is 0 Å². The van der Waals surface area contributed by atoms with Crippen molar-refractivity contribution in [2.45, 2.75) is 44.2 Å². The third-order valence-corrected chi connectivity index (χ3v) is 7.69. The zero-order chi connectivity index (χ0) is 23.3. The first kappa shape index (κ1) is 25.2. The zero-order valence-corrected chi connectivity index (χ0v) is 18.3. The predicted molar refractivity (Wildman–Crippen MR) is 105 cm³/mol. The van der Waals surface area contributed by atoms with Crippen LogP contribution in [0.4, 0.5) is 22.0 Å². The number of para-hydroxylation sites is 1. The number of esters is 1. The molecule has 0 saturated carbocycles. The summed E-state index contributed by atoms with van der Waals surface area (Å²) in [7, 11) is 0. The second-order valence-electron chi connectivity index (χ2n) is 6.40. The van der Waals surface area contributed by atoms with Crippen LogP contribution >= 0.6 is 18.1 Å². The van der Waals surface area contributed by atoms with Gasteiger partial charge in [-0.1, -0.05) is 25.1 Å². The Hall–Kier alpha value is -2.10. The maximum absolute atomic E-state index is 14.1. The van der Waals surface area contributed by atoms with E-state index in [0.29, 0.717) is 6.42 Å². The van der Waals surface area contributed by atoms with Gasteiger partial charge in [-0.05, 0) is 32.4 Å². The van der Waals surface area contributed by atoms with Crippen molar-refractivity contribution in [2.75, 3.05) is 0 Å². The van der Waals surface area contributed by atoms with Gasteiger partial charge in [0.15, 0.2) is 23.3 Å². The molecule has 0 radical (unpaired) electrons. The minimum Gasteiger partial charge on any atom is -0.462 e. The van der Waals surface area contributed by atoms with Gasteiger partial charge in [0.05, 0.1) is 11.0 Å². The Morgan fingerprint density at radius 3 is 2.03 bits per heavy atom. The topological polar surface area (TPSA) is 64.6 Å². The fraction of sp³-hybridized carbons (Fsp3) is 0.316. The molecule has 0 spiro atoms. The first-order valence-corrected chi connectivity index (χ1v) is 12.1. The van der Waals surface area contributed by atoms with Gasteiger partial charge >= 0.3 is 12.7 Å². The van der Waals surface area contributed by atoms with E-state index in [9.17, 15) is 31.3 Å². The van der Waals surface area contributed by atoms with E-state index < -0.39 is 58.8 Å². The number of halogens is 5. The smallest absolute Gasteiger partial charge is 0.379 e. The number of carbonyl (C=O) groups excluding carboxylic acids is 1. The molecule has 0 bridgehead atoms. The van der Waals surface area contributed by atoms with Crippen LogP contribution in [0.3, 0.4) is 0 Å². The summed E-state index contributed by atoms with van der Waals surface area (Å²) in [6.07, 6.45) is 0.0321. The van der Waals surface area contributed by atoms with E-state index >= 15 is 0 Å². The lowest BCUT2D eigenvalue weighted by Crippen LogP contribution is -2.35. The van der Waals surface area contributed by atoms with Crippen molar-refractivity contribution in [3.05, 3.63) is 59.4 Å². The molecule has 0 fully saturated rings. The van der Waals surface area contributed by atoms with Crippen molar-refractivity contribution in [3.8, 4) is 5.75 Å². The highest BCUT2D eigenvalue weighted by Gasteiger charge is 2.37. The third-order valence-electron chi connectivity index (χ3n) is 3.95. The molecule has 3 atom stereocenters. The second kappa shape index (κ2) is 10.5. The number of ether oxygens (including phenoxy) is 1. The van der Waals surface area contributed by atoms with Crippen LogP contribution in [-0.2, 0) is 14.1 Å². The number of hydrogen-bond acceptors (Lipinski definition) is 5. The van der Waals surface area contributed by atoms with Crippen LogP contribution in [0.1, 0.15) is 27.2 Å². The van der Waals surface area contributed by atoms with Crippen LogP contribution in [0, 0.1) is 29.1 Å². The Bertz CT molecular complexity index is 966. The van der Waals surface area contributed by atoms with Gasteiger partial charge in [-0.15, -0.1) is 0 Å². The van der Waals surface area contributed by atoms with Crippen LogP contribution < -0.4 is 9.61 Å². The molecule has 0 amide bonds. The summed E-state index contributed by atoms with van der Waals surface area (Å²) < 4.78 is 92.6. The molecule has 0 aliphatic heterocycles. The average Bonchev–Trinajstić information content (AvgIpc) is 2.74. The molecule has 31 heavy (non-hydrogen) atoms. The van der Waals surface area contributed by atoms with Gasteiger partial charge in [0.2, 0.25) is 5.82 Å². The van der Waals surface area contributed by atoms with Crippen LogP contribution in [0.25, 0.3) is 0 Å². The monoisotopic (exact) mass is 483 g/mol. The minimum absolute atomic E-state index is 0.0304. The van der Waals surface area contributed by atoms with E-state index in [1.807, 2.05) is 0 Å². The quantitative estimate of drug-likeness (QED) is 0.156. The van der Waals surface area contributed by atoms with Crippen molar-refractivity contribution >= 4 is 24.1 Å². The average molecular weight is 483 g/mol. The molecule has 0 unspecified atom stereocenters. The zero-order valence-electron chi connectivity index (χ0n) is 16.6.